The van der Waals surface area contributed by atoms with Crippen molar-refractivity contribution < 1.29 is 19.2 Å². The van der Waals surface area contributed by atoms with Crippen LogP contribution in [-0.2, 0) is 16.1 Å². The Bertz CT molecular complexity index is 1270. The van der Waals surface area contributed by atoms with E-state index in [-0.39, 0.29) is 23.9 Å². The van der Waals surface area contributed by atoms with Crippen LogP contribution in [0.4, 0.5) is 11.4 Å². The van der Waals surface area contributed by atoms with Crippen LogP contribution in [0.1, 0.15) is 28.4 Å². The van der Waals surface area contributed by atoms with Gasteiger partial charge < -0.3 is 9.64 Å². The molecule has 3 aromatic carbocycles. The molecule has 0 radical (unpaired) electrons. The van der Waals surface area contributed by atoms with Crippen molar-refractivity contribution in [3.8, 4) is 0 Å². The number of anilines is 1. The lowest BCUT2D eigenvalue weighted by molar-refractivity contribution is -0.384. The minimum Gasteiger partial charge on any atom is -0.462 e. The van der Waals surface area contributed by atoms with Crippen molar-refractivity contribution in [3.05, 3.63) is 109 Å². The molecule has 0 saturated carbocycles. The van der Waals surface area contributed by atoms with Gasteiger partial charge in [0.25, 0.3) is 11.6 Å². The van der Waals surface area contributed by atoms with E-state index < -0.39 is 16.8 Å². The number of hydrogen-bond acceptors (Lipinski definition) is 5. The first-order chi connectivity index (χ1) is 16.7. The summed E-state index contributed by atoms with van der Waals surface area (Å²) in [4.78, 5) is 37.2. The quantitative estimate of drug-likeness (QED) is 0.135. The topological polar surface area (TPSA) is 89.8 Å². The standard InChI is InChI=1S/C25H19Cl3N2O5/c1-2-35-25(32)17-8-10-18(11-9-17)29(15-19-20(26)4-3-5-21(19)27)24(31)13-7-16-6-12-22(28)23(14-16)30(33)34/h3-14H,2,15H2,1H3/b13-7+. The van der Waals surface area contributed by atoms with Crippen LogP contribution in [0.25, 0.3) is 6.08 Å². The largest absolute Gasteiger partial charge is 0.462 e. The van der Waals surface area contributed by atoms with Crippen molar-refractivity contribution in [1.82, 2.24) is 0 Å². The molecule has 0 bridgehead atoms. The van der Waals surface area contributed by atoms with Gasteiger partial charge in [-0.05, 0) is 61.0 Å². The maximum Gasteiger partial charge on any atom is 0.338 e. The summed E-state index contributed by atoms with van der Waals surface area (Å²) in [5.74, 6) is -0.919. The fourth-order valence-corrected chi connectivity index (χ4v) is 3.86. The lowest BCUT2D eigenvalue weighted by Gasteiger charge is -2.23. The Morgan fingerprint density at radius 1 is 1.00 bits per heavy atom. The summed E-state index contributed by atoms with van der Waals surface area (Å²) >= 11 is 18.5. The number of nitro benzene ring substituents is 1. The van der Waals surface area contributed by atoms with E-state index in [4.69, 9.17) is 39.5 Å². The maximum absolute atomic E-state index is 13.3. The molecular formula is C25H19Cl3N2O5. The Morgan fingerprint density at radius 2 is 1.66 bits per heavy atom. The molecule has 0 aliphatic heterocycles. The van der Waals surface area contributed by atoms with Crippen molar-refractivity contribution in [2.24, 2.45) is 0 Å². The van der Waals surface area contributed by atoms with E-state index in [1.54, 1.807) is 55.5 Å². The molecule has 180 valence electrons. The summed E-state index contributed by atoms with van der Waals surface area (Å²) in [5.41, 5.74) is 1.50. The molecule has 0 aromatic heterocycles. The van der Waals surface area contributed by atoms with Gasteiger partial charge in [0.2, 0.25) is 0 Å². The van der Waals surface area contributed by atoms with E-state index in [1.807, 2.05) is 0 Å². The summed E-state index contributed by atoms with van der Waals surface area (Å²) in [6, 6.07) is 15.6. The first-order valence-corrected chi connectivity index (χ1v) is 11.5. The number of amides is 1. The second kappa shape index (κ2) is 11.8. The van der Waals surface area contributed by atoms with Crippen molar-refractivity contribution in [3.63, 3.8) is 0 Å². The van der Waals surface area contributed by atoms with Gasteiger partial charge in [-0.2, -0.15) is 0 Å². The molecule has 0 fully saturated rings. The molecule has 0 heterocycles. The van der Waals surface area contributed by atoms with Crippen molar-refractivity contribution >= 4 is 64.1 Å². The van der Waals surface area contributed by atoms with Crippen LogP contribution in [0.3, 0.4) is 0 Å². The van der Waals surface area contributed by atoms with Crippen molar-refractivity contribution in [1.29, 1.82) is 0 Å². The first-order valence-electron chi connectivity index (χ1n) is 10.3. The summed E-state index contributed by atoms with van der Waals surface area (Å²) < 4.78 is 5.00. The predicted octanol–water partition coefficient (Wildman–Crippen LogP) is 6.98. The zero-order valence-corrected chi connectivity index (χ0v) is 20.7. The Morgan fingerprint density at radius 3 is 2.26 bits per heavy atom. The van der Waals surface area contributed by atoms with Crippen LogP contribution in [0.5, 0.6) is 0 Å². The SMILES string of the molecule is CCOC(=O)c1ccc(N(Cc2c(Cl)cccc2Cl)C(=O)/C=C/c2ccc(Cl)c([N+](=O)[O-])c2)cc1. The minimum absolute atomic E-state index is 0.00449. The monoisotopic (exact) mass is 532 g/mol. The van der Waals surface area contributed by atoms with Crippen LogP contribution < -0.4 is 4.90 Å². The third-order valence-electron chi connectivity index (χ3n) is 4.92. The fraction of sp³-hybridized carbons (Fsp3) is 0.120. The van der Waals surface area contributed by atoms with E-state index in [9.17, 15) is 19.7 Å². The highest BCUT2D eigenvalue weighted by atomic mass is 35.5. The highest BCUT2D eigenvalue weighted by Gasteiger charge is 2.19. The third-order valence-corrected chi connectivity index (χ3v) is 5.95. The Balaban J connectivity index is 1.95. The van der Waals surface area contributed by atoms with E-state index >= 15 is 0 Å². The van der Waals surface area contributed by atoms with E-state index in [0.29, 0.717) is 32.4 Å². The lowest BCUT2D eigenvalue weighted by Crippen LogP contribution is -2.29. The highest BCUT2D eigenvalue weighted by Crippen LogP contribution is 2.29. The Hall–Kier alpha value is -3.39. The van der Waals surface area contributed by atoms with Crippen LogP contribution in [0, 0.1) is 10.1 Å². The molecule has 0 unspecified atom stereocenters. The molecular weight excluding hydrogens is 515 g/mol. The molecule has 7 nitrogen and oxygen atoms in total. The second-order valence-corrected chi connectivity index (χ2v) is 8.41. The molecule has 0 aliphatic carbocycles. The van der Waals surface area contributed by atoms with Gasteiger partial charge in [-0.25, -0.2) is 4.79 Å². The summed E-state index contributed by atoms with van der Waals surface area (Å²) in [6.45, 7) is 1.99. The molecule has 35 heavy (non-hydrogen) atoms. The zero-order chi connectivity index (χ0) is 25.5. The number of esters is 1. The van der Waals surface area contributed by atoms with E-state index in [1.165, 1.54) is 29.2 Å². The summed E-state index contributed by atoms with van der Waals surface area (Å²) in [6.07, 6.45) is 2.72. The lowest BCUT2D eigenvalue weighted by atomic mass is 10.1. The molecule has 1 amide bonds. The minimum atomic E-state index is -0.599. The number of nitrogens with zero attached hydrogens (tertiary/aromatic N) is 2. The van der Waals surface area contributed by atoms with Crippen molar-refractivity contribution in [2.75, 3.05) is 11.5 Å². The molecule has 0 aliphatic rings. The number of carbonyl (C=O) groups is 2. The Kier molecular flexibility index (Phi) is 8.87. The molecule has 0 spiro atoms. The molecule has 3 rings (SSSR count). The molecule has 10 heteroatoms. The molecule has 3 aromatic rings. The molecule has 0 atom stereocenters. The van der Waals surface area contributed by atoms with Gasteiger partial charge in [0.1, 0.15) is 5.02 Å². The van der Waals surface area contributed by atoms with E-state index in [2.05, 4.69) is 0 Å². The number of hydrogen-bond donors (Lipinski definition) is 0. The van der Waals surface area contributed by atoms with Gasteiger partial charge in [-0.1, -0.05) is 46.9 Å². The van der Waals surface area contributed by atoms with Crippen LogP contribution >= 0.6 is 34.8 Å². The number of carbonyl (C=O) groups excluding carboxylic acids is 2. The predicted molar refractivity (Wildman–Crippen MR) is 137 cm³/mol. The normalized spacial score (nSPS) is 10.9. The summed E-state index contributed by atoms with van der Waals surface area (Å²) in [5, 5.41) is 11.9. The second-order valence-electron chi connectivity index (χ2n) is 7.19. The third kappa shape index (κ3) is 6.60. The maximum atomic E-state index is 13.3. The fourth-order valence-electron chi connectivity index (χ4n) is 3.16. The number of ether oxygens (including phenoxy) is 1. The average Bonchev–Trinajstić information content (AvgIpc) is 2.83. The number of nitro groups is 1. The number of rotatable bonds is 8. The van der Waals surface area contributed by atoms with Crippen LogP contribution in [0.15, 0.2) is 66.7 Å². The Labute approximate surface area is 216 Å². The van der Waals surface area contributed by atoms with E-state index in [0.717, 1.165) is 0 Å². The first kappa shape index (κ1) is 26.2. The smallest absolute Gasteiger partial charge is 0.338 e. The molecule has 0 N–H and O–H groups in total. The van der Waals surface area contributed by atoms with Crippen molar-refractivity contribution in [2.45, 2.75) is 13.5 Å². The van der Waals surface area contributed by atoms with Gasteiger partial charge in [0, 0.05) is 33.4 Å². The van der Waals surface area contributed by atoms with Gasteiger partial charge in [0.05, 0.1) is 23.6 Å². The summed E-state index contributed by atoms with van der Waals surface area (Å²) in [7, 11) is 0. The zero-order valence-electron chi connectivity index (χ0n) is 18.4. The number of benzene rings is 3. The van der Waals surface area contributed by atoms with Gasteiger partial charge in [-0.15, -0.1) is 0 Å². The average molecular weight is 534 g/mol. The van der Waals surface area contributed by atoms with Gasteiger partial charge >= 0.3 is 5.97 Å². The van der Waals surface area contributed by atoms with Gasteiger partial charge in [0.15, 0.2) is 0 Å². The van der Waals surface area contributed by atoms with Crippen LogP contribution in [0.2, 0.25) is 15.1 Å². The number of halogens is 3. The molecule has 0 saturated heterocycles. The van der Waals surface area contributed by atoms with Gasteiger partial charge in [-0.3, -0.25) is 14.9 Å². The van der Waals surface area contributed by atoms with Crippen LogP contribution in [-0.4, -0.2) is 23.4 Å². The highest BCUT2D eigenvalue weighted by molar-refractivity contribution is 6.36.